The van der Waals surface area contributed by atoms with E-state index in [2.05, 4.69) is 20.3 Å². The summed E-state index contributed by atoms with van der Waals surface area (Å²) in [5.74, 6) is -0.0193. The third-order valence-electron chi connectivity index (χ3n) is 3.16. The van der Waals surface area contributed by atoms with Crippen molar-refractivity contribution >= 4 is 5.91 Å². The van der Waals surface area contributed by atoms with Crippen molar-refractivity contribution in [3.63, 3.8) is 0 Å². The Morgan fingerprint density at radius 1 is 1.23 bits per heavy atom. The van der Waals surface area contributed by atoms with Crippen molar-refractivity contribution in [1.82, 2.24) is 25.0 Å². The third kappa shape index (κ3) is 3.14. The van der Waals surface area contributed by atoms with Crippen molar-refractivity contribution in [2.24, 2.45) is 5.73 Å². The minimum atomic E-state index is -0.577. The molecule has 0 fully saturated rings. The van der Waals surface area contributed by atoms with Crippen LogP contribution >= 0.6 is 0 Å². The van der Waals surface area contributed by atoms with Gasteiger partial charge in [0, 0.05) is 24.4 Å². The van der Waals surface area contributed by atoms with Gasteiger partial charge in [0.15, 0.2) is 0 Å². The Labute approximate surface area is 126 Å². The van der Waals surface area contributed by atoms with Gasteiger partial charge in [-0.3, -0.25) is 4.79 Å². The van der Waals surface area contributed by atoms with Crippen molar-refractivity contribution in [2.75, 3.05) is 0 Å². The van der Waals surface area contributed by atoms with Crippen molar-refractivity contribution in [1.29, 1.82) is 0 Å². The molecule has 1 amide bonds. The van der Waals surface area contributed by atoms with E-state index in [1.807, 2.05) is 30.3 Å². The van der Waals surface area contributed by atoms with E-state index >= 15 is 0 Å². The highest BCUT2D eigenvalue weighted by Gasteiger charge is 2.13. The smallest absolute Gasteiger partial charge is 0.267 e. The highest BCUT2D eigenvalue weighted by molar-refractivity contribution is 5.92. The van der Waals surface area contributed by atoms with Gasteiger partial charge in [-0.2, -0.15) is 0 Å². The maximum absolute atomic E-state index is 11.6. The molecule has 2 aromatic heterocycles. The summed E-state index contributed by atoms with van der Waals surface area (Å²) < 4.78 is 1.59. The summed E-state index contributed by atoms with van der Waals surface area (Å²) in [6.45, 7) is 0.351. The van der Waals surface area contributed by atoms with Gasteiger partial charge in [-0.05, 0) is 5.56 Å². The molecule has 3 rings (SSSR count). The summed E-state index contributed by atoms with van der Waals surface area (Å²) in [4.78, 5) is 20.3. The molecule has 2 N–H and O–H groups in total. The largest absolute Gasteiger partial charge is 0.364 e. The molecule has 0 spiro atoms. The number of rotatable bonds is 5. The summed E-state index contributed by atoms with van der Waals surface area (Å²) in [7, 11) is 0. The second-order valence-corrected chi connectivity index (χ2v) is 4.79. The number of aromatic nitrogens is 5. The number of hydrogen-bond acceptors (Lipinski definition) is 5. The Balaban J connectivity index is 1.88. The third-order valence-corrected chi connectivity index (χ3v) is 3.16. The van der Waals surface area contributed by atoms with Gasteiger partial charge in [-0.25, -0.2) is 14.6 Å². The fourth-order valence-corrected chi connectivity index (χ4v) is 2.13. The van der Waals surface area contributed by atoms with Crippen LogP contribution in [0.2, 0.25) is 0 Å². The fourth-order valence-electron chi connectivity index (χ4n) is 2.13. The molecule has 0 saturated heterocycles. The van der Waals surface area contributed by atoms with Crippen LogP contribution < -0.4 is 5.73 Å². The lowest BCUT2D eigenvalue weighted by molar-refractivity contribution is 0.0994. The number of nitrogens with two attached hydrogens (primary N) is 1. The molecule has 0 aliphatic rings. The fraction of sp³-hybridized carbons (Fsp3) is 0.133. The van der Waals surface area contributed by atoms with Gasteiger partial charge >= 0.3 is 0 Å². The van der Waals surface area contributed by atoms with Gasteiger partial charge < -0.3 is 5.73 Å². The van der Waals surface area contributed by atoms with Gasteiger partial charge in [-0.1, -0.05) is 35.5 Å². The van der Waals surface area contributed by atoms with Crippen molar-refractivity contribution in [3.05, 3.63) is 71.6 Å². The molecular formula is C15H14N6O. The second kappa shape index (κ2) is 6.13. The molecule has 3 aromatic rings. The topological polar surface area (TPSA) is 99.6 Å². The molecule has 0 radical (unpaired) electrons. The highest BCUT2D eigenvalue weighted by Crippen LogP contribution is 2.10. The minimum Gasteiger partial charge on any atom is -0.364 e. The minimum absolute atomic E-state index is 0.219. The number of benzene rings is 1. The molecule has 0 atom stereocenters. The zero-order valence-electron chi connectivity index (χ0n) is 11.8. The van der Waals surface area contributed by atoms with Crippen LogP contribution in [0.25, 0.3) is 0 Å². The van der Waals surface area contributed by atoms with Crippen molar-refractivity contribution in [2.45, 2.75) is 13.0 Å². The van der Waals surface area contributed by atoms with E-state index in [1.165, 1.54) is 0 Å². The molecule has 2 heterocycles. The molecule has 0 unspecified atom stereocenters. The highest BCUT2D eigenvalue weighted by atomic mass is 16.1. The summed E-state index contributed by atoms with van der Waals surface area (Å²) >= 11 is 0. The van der Waals surface area contributed by atoms with E-state index in [4.69, 9.17) is 5.73 Å². The number of amides is 1. The molecule has 22 heavy (non-hydrogen) atoms. The van der Waals surface area contributed by atoms with Crippen LogP contribution in [0.3, 0.4) is 0 Å². The van der Waals surface area contributed by atoms with E-state index in [0.29, 0.717) is 24.4 Å². The van der Waals surface area contributed by atoms with Gasteiger partial charge in [0.25, 0.3) is 5.91 Å². The van der Waals surface area contributed by atoms with Crippen LogP contribution in [0, 0.1) is 0 Å². The number of carbonyl (C=O) groups is 1. The zero-order valence-corrected chi connectivity index (χ0v) is 11.8. The lowest BCUT2D eigenvalue weighted by Gasteiger charge is -2.08. The maximum atomic E-state index is 11.6. The Hall–Kier alpha value is -3.09. The van der Waals surface area contributed by atoms with Gasteiger partial charge in [0.2, 0.25) is 0 Å². The van der Waals surface area contributed by atoms with Crippen LogP contribution in [-0.4, -0.2) is 30.9 Å². The quantitative estimate of drug-likeness (QED) is 0.750. The first-order chi connectivity index (χ1) is 10.7. The van der Waals surface area contributed by atoms with E-state index < -0.39 is 5.91 Å². The van der Waals surface area contributed by atoms with Crippen LogP contribution in [0.1, 0.15) is 27.4 Å². The summed E-state index contributed by atoms with van der Waals surface area (Å²) in [5, 5.41) is 7.58. The van der Waals surface area contributed by atoms with E-state index in [0.717, 1.165) is 5.56 Å². The van der Waals surface area contributed by atoms with E-state index in [-0.39, 0.29) is 5.69 Å². The number of primary amides is 1. The predicted molar refractivity (Wildman–Crippen MR) is 78.9 cm³/mol. The lowest BCUT2D eigenvalue weighted by Crippen LogP contribution is -2.19. The van der Waals surface area contributed by atoms with E-state index in [9.17, 15) is 4.79 Å². The summed E-state index contributed by atoms with van der Waals surface area (Å²) in [6.07, 6.45) is 5.43. The Kier molecular flexibility index (Phi) is 3.86. The maximum Gasteiger partial charge on any atom is 0.267 e. The van der Waals surface area contributed by atoms with Crippen LogP contribution in [-0.2, 0) is 13.0 Å². The standard InChI is InChI=1S/C15H14N6O/c16-15(22)14-12(10-21-7-6-18-20-21)9-17-13(19-14)8-11-4-2-1-3-5-11/h1-7,9H,8,10H2,(H2,16,22). The molecule has 1 aromatic carbocycles. The number of nitrogens with zero attached hydrogens (tertiary/aromatic N) is 5. The van der Waals surface area contributed by atoms with Gasteiger partial charge in [0.1, 0.15) is 11.5 Å². The predicted octanol–water partition coefficient (Wildman–Crippen LogP) is 0.806. The van der Waals surface area contributed by atoms with Crippen LogP contribution in [0.15, 0.2) is 48.9 Å². The number of carbonyl (C=O) groups excluding carboxylic acids is 1. The van der Waals surface area contributed by atoms with Gasteiger partial charge in [-0.15, -0.1) is 5.10 Å². The Morgan fingerprint density at radius 3 is 2.73 bits per heavy atom. The Bertz CT molecular complexity index is 770. The molecule has 0 aliphatic heterocycles. The summed E-state index contributed by atoms with van der Waals surface area (Å²) in [5.41, 5.74) is 7.34. The van der Waals surface area contributed by atoms with Gasteiger partial charge in [0.05, 0.1) is 12.7 Å². The molecular weight excluding hydrogens is 280 g/mol. The van der Waals surface area contributed by atoms with Crippen molar-refractivity contribution < 1.29 is 4.79 Å². The summed E-state index contributed by atoms with van der Waals surface area (Å²) in [6, 6.07) is 9.81. The molecule has 0 bridgehead atoms. The average molecular weight is 294 g/mol. The van der Waals surface area contributed by atoms with Crippen molar-refractivity contribution in [3.8, 4) is 0 Å². The normalized spacial score (nSPS) is 10.5. The first-order valence-electron chi connectivity index (χ1n) is 6.75. The average Bonchev–Trinajstić information content (AvgIpc) is 3.02. The first kappa shape index (κ1) is 13.9. The molecule has 7 nitrogen and oxygen atoms in total. The van der Waals surface area contributed by atoms with Crippen LogP contribution in [0.4, 0.5) is 0 Å². The molecule has 0 saturated carbocycles. The first-order valence-corrected chi connectivity index (χ1v) is 6.75. The zero-order chi connectivity index (χ0) is 15.4. The molecule has 110 valence electrons. The SMILES string of the molecule is NC(=O)c1nc(Cc2ccccc2)ncc1Cn1ccnn1. The number of hydrogen-bond donors (Lipinski definition) is 1. The monoisotopic (exact) mass is 294 g/mol. The van der Waals surface area contributed by atoms with Crippen LogP contribution in [0.5, 0.6) is 0 Å². The van der Waals surface area contributed by atoms with E-state index in [1.54, 1.807) is 23.3 Å². The molecule has 0 aliphatic carbocycles. The second-order valence-electron chi connectivity index (χ2n) is 4.79. The Morgan fingerprint density at radius 2 is 2.05 bits per heavy atom. The molecule has 7 heteroatoms. The lowest BCUT2D eigenvalue weighted by atomic mass is 10.1.